The molecule has 2 unspecified atom stereocenters. The molecule has 1 saturated carbocycles. The van der Waals surface area contributed by atoms with E-state index in [1.165, 1.54) is 0 Å². The Labute approximate surface area is 120 Å². The molecular formula is C16H23NO3. The highest BCUT2D eigenvalue weighted by atomic mass is 16.5. The summed E-state index contributed by atoms with van der Waals surface area (Å²) in [5, 5.41) is 12.7. The first kappa shape index (κ1) is 14.9. The molecule has 0 heterocycles. The van der Waals surface area contributed by atoms with Crippen molar-refractivity contribution in [3.63, 3.8) is 0 Å². The van der Waals surface area contributed by atoms with E-state index in [1.54, 1.807) is 7.11 Å². The number of amides is 1. The van der Waals surface area contributed by atoms with Gasteiger partial charge in [0, 0.05) is 11.5 Å². The van der Waals surface area contributed by atoms with E-state index in [9.17, 15) is 9.90 Å². The van der Waals surface area contributed by atoms with E-state index in [4.69, 9.17) is 4.74 Å². The lowest BCUT2D eigenvalue weighted by Gasteiger charge is -2.49. The van der Waals surface area contributed by atoms with Crippen LogP contribution in [-0.4, -0.2) is 30.3 Å². The minimum atomic E-state index is -0.327. The molecule has 1 amide bonds. The zero-order valence-electron chi connectivity index (χ0n) is 12.6. The van der Waals surface area contributed by atoms with Crippen LogP contribution in [0, 0.1) is 12.3 Å². The quantitative estimate of drug-likeness (QED) is 0.882. The van der Waals surface area contributed by atoms with Crippen LogP contribution in [0.3, 0.4) is 0 Å². The van der Waals surface area contributed by atoms with Gasteiger partial charge in [-0.05, 0) is 30.5 Å². The van der Waals surface area contributed by atoms with Crippen molar-refractivity contribution in [1.29, 1.82) is 0 Å². The van der Waals surface area contributed by atoms with Crippen molar-refractivity contribution >= 4 is 5.91 Å². The van der Waals surface area contributed by atoms with Gasteiger partial charge in [-0.25, -0.2) is 0 Å². The zero-order chi connectivity index (χ0) is 14.9. The molecule has 0 spiro atoms. The Morgan fingerprint density at radius 3 is 2.75 bits per heavy atom. The summed E-state index contributed by atoms with van der Waals surface area (Å²) < 4.78 is 5.26. The molecule has 20 heavy (non-hydrogen) atoms. The summed E-state index contributed by atoms with van der Waals surface area (Å²) in [5.41, 5.74) is 1.75. The third kappa shape index (κ3) is 2.80. The summed E-state index contributed by atoms with van der Waals surface area (Å²) >= 11 is 0. The van der Waals surface area contributed by atoms with E-state index >= 15 is 0 Å². The van der Waals surface area contributed by atoms with Gasteiger partial charge < -0.3 is 15.2 Å². The number of carbonyl (C=O) groups excluding carboxylic acids is 1. The third-order valence-corrected chi connectivity index (χ3v) is 4.39. The molecule has 1 aromatic carbocycles. The Morgan fingerprint density at radius 1 is 1.50 bits per heavy atom. The smallest absolute Gasteiger partial charge is 0.224 e. The normalized spacial score (nSPS) is 23.9. The Kier molecular flexibility index (Phi) is 4.04. The molecule has 1 fully saturated rings. The third-order valence-electron chi connectivity index (χ3n) is 4.39. The van der Waals surface area contributed by atoms with Crippen LogP contribution in [0.4, 0.5) is 0 Å². The van der Waals surface area contributed by atoms with E-state index in [-0.39, 0.29) is 23.5 Å². The van der Waals surface area contributed by atoms with Gasteiger partial charge in [-0.3, -0.25) is 4.79 Å². The van der Waals surface area contributed by atoms with Crippen molar-refractivity contribution in [3.8, 4) is 5.75 Å². The minimum absolute atomic E-state index is 0.0131. The second-order valence-electron chi connectivity index (χ2n) is 6.17. The highest BCUT2D eigenvalue weighted by Crippen LogP contribution is 2.40. The van der Waals surface area contributed by atoms with Gasteiger partial charge in [-0.2, -0.15) is 0 Å². The van der Waals surface area contributed by atoms with E-state index in [1.807, 2.05) is 39.0 Å². The van der Waals surface area contributed by atoms with Crippen LogP contribution in [0.1, 0.15) is 31.4 Å². The number of nitrogens with one attached hydrogen (secondary N) is 1. The molecule has 0 bridgehead atoms. The lowest BCUT2D eigenvalue weighted by atomic mass is 9.64. The molecule has 1 aromatic rings. The predicted octanol–water partition coefficient (Wildman–Crippen LogP) is 1.82. The van der Waals surface area contributed by atoms with Gasteiger partial charge in [0.05, 0.1) is 19.6 Å². The molecule has 0 saturated heterocycles. The van der Waals surface area contributed by atoms with Crippen LogP contribution < -0.4 is 10.1 Å². The number of carbonyl (C=O) groups is 1. The van der Waals surface area contributed by atoms with Gasteiger partial charge in [0.15, 0.2) is 0 Å². The molecule has 4 heteroatoms. The number of aliphatic hydroxyl groups is 1. The average molecular weight is 277 g/mol. The average Bonchev–Trinajstić information content (AvgIpc) is 2.40. The summed E-state index contributed by atoms with van der Waals surface area (Å²) in [4.78, 5) is 12.1. The number of benzene rings is 1. The van der Waals surface area contributed by atoms with Crippen molar-refractivity contribution in [1.82, 2.24) is 5.32 Å². The lowest BCUT2D eigenvalue weighted by Crippen LogP contribution is -2.61. The van der Waals surface area contributed by atoms with Crippen molar-refractivity contribution in [3.05, 3.63) is 29.3 Å². The molecule has 1 aliphatic carbocycles. The van der Waals surface area contributed by atoms with Crippen LogP contribution in [0.15, 0.2) is 18.2 Å². The van der Waals surface area contributed by atoms with Crippen molar-refractivity contribution in [2.24, 2.45) is 5.41 Å². The fraction of sp³-hybridized carbons (Fsp3) is 0.562. The molecule has 2 atom stereocenters. The summed E-state index contributed by atoms with van der Waals surface area (Å²) in [6, 6.07) is 5.85. The highest BCUT2D eigenvalue weighted by molar-refractivity contribution is 5.79. The molecule has 2 N–H and O–H groups in total. The summed E-state index contributed by atoms with van der Waals surface area (Å²) in [5.74, 6) is 0.788. The maximum Gasteiger partial charge on any atom is 0.224 e. The molecule has 0 aromatic heterocycles. The molecule has 4 nitrogen and oxygen atoms in total. The fourth-order valence-corrected chi connectivity index (χ4v) is 2.55. The fourth-order valence-electron chi connectivity index (χ4n) is 2.55. The van der Waals surface area contributed by atoms with Gasteiger partial charge in [0.25, 0.3) is 0 Å². The van der Waals surface area contributed by atoms with Crippen LogP contribution in [0.25, 0.3) is 0 Å². The molecule has 0 radical (unpaired) electrons. The van der Waals surface area contributed by atoms with Crippen molar-refractivity contribution in [2.75, 3.05) is 7.11 Å². The lowest BCUT2D eigenvalue weighted by molar-refractivity contribution is -0.128. The monoisotopic (exact) mass is 277 g/mol. The molecule has 110 valence electrons. The Morgan fingerprint density at radius 2 is 2.20 bits per heavy atom. The molecule has 0 aliphatic heterocycles. The van der Waals surface area contributed by atoms with Crippen LogP contribution in [0.5, 0.6) is 5.75 Å². The second-order valence-corrected chi connectivity index (χ2v) is 6.17. The van der Waals surface area contributed by atoms with Gasteiger partial charge in [-0.15, -0.1) is 0 Å². The number of hydrogen-bond acceptors (Lipinski definition) is 3. The van der Waals surface area contributed by atoms with Gasteiger partial charge in [-0.1, -0.05) is 26.0 Å². The summed E-state index contributed by atoms with van der Waals surface area (Å²) in [6.07, 6.45) is 0.641. The van der Waals surface area contributed by atoms with E-state index in [2.05, 4.69) is 5.32 Å². The Hall–Kier alpha value is -1.55. The van der Waals surface area contributed by atoms with Gasteiger partial charge >= 0.3 is 0 Å². The first-order valence-electron chi connectivity index (χ1n) is 6.95. The first-order chi connectivity index (χ1) is 9.34. The van der Waals surface area contributed by atoms with E-state index < -0.39 is 0 Å². The van der Waals surface area contributed by atoms with E-state index in [0.29, 0.717) is 12.8 Å². The topological polar surface area (TPSA) is 58.6 Å². The maximum atomic E-state index is 12.1. The minimum Gasteiger partial charge on any atom is -0.496 e. The number of methoxy groups -OCH3 is 1. The van der Waals surface area contributed by atoms with Gasteiger partial charge in [0.1, 0.15) is 5.75 Å². The van der Waals surface area contributed by atoms with Crippen LogP contribution >= 0.6 is 0 Å². The Balaban J connectivity index is 1.95. The maximum absolute atomic E-state index is 12.1. The number of hydrogen-bond donors (Lipinski definition) is 2. The predicted molar refractivity (Wildman–Crippen MR) is 77.8 cm³/mol. The van der Waals surface area contributed by atoms with Crippen LogP contribution in [0.2, 0.25) is 0 Å². The SMILES string of the molecule is COc1cc(CC(=O)NC2CC(O)C2(C)C)ccc1C. The number of rotatable bonds is 4. The molecular weight excluding hydrogens is 254 g/mol. The van der Waals surface area contributed by atoms with Crippen molar-refractivity contribution in [2.45, 2.75) is 45.8 Å². The van der Waals surface area contributed by atoms with Crippen molar-refractivity contribution < 1.29 is 14.6 Å². The highest BCUT2D eigenvalue weighted by Gasteiger charge is 2.47. The first-order valence-corrected chi connectivity index (χ1v) is 6.95. The summed E-state index contributed by atoms with van der Waals surface area (Å²) in [6.45, 7) is 5.92. The van der Waals surface area contributed by atoms with Gasteiger partial charge in [0.2, 0.25) is 5.91 Å². The number of aryl methyl sites for hydroxylation is 1. The molecule has 2 rings (SSSR count). The largest absolute Gasteiger partial charge is 0.496 e. The Bertz CT molecular complexity index is 510. The zero-order valence-corrected chi connectivity index (χ0v) is 12.6. The second kappa shape index (κ2) is 5.44. The number of aliphatic hydroxyl groups excluding tert-OH is 1. The molecule has 1 aliphatic rings. The van der Waals surface area contributed by atoms with Crippen LogP contribution in [-0.2, 0) is 11.2 Å². The summed E-state index contributed by atoms with van der Waals surface area (Å²) in [7, 11) is 1.63. The number of ether oxygens (including phenoxy) is 1. The van der Waals surface area contributed by atoms with E-state index in [0.717, 1.165) is 16.9 Å². The standard InChI is InChI=1S/C16H23NO3/c1-10-5-6-11(7-12(10)20-4)8-15(19)17-13-9-14(18)16(13,2)3/h5-7,13-14,18H,8-9H2,1-4H3,(H,17,19).